The average Bonchev–Trinajstić information content (AvgIpc) is 2.53. The summed E-state index contributed by atoms with van der Waals surface area (Å²) in [6.45, 7) is 7.36. The van der Waals surface area contributed by atoms with E-state index in [-0.39, 0.29) is 10.8 Å². The molecule has 0 aromatic heterocycles. The number of ether oxygens (including phenoxy) is 2. The molecule has 124 valence electrons. The zero-order valence-corrected chi connectivity index (χ0v) is 14.8. The standard InChI is InChI=1S/C19H31NO2/c1-18(2,3)14-11-15(17(22-5)16(12-14)21-4)19(13-20)9-7-6-8-10-19/h11-12H,6-10,13,20H2,1-5H3. The molecule has 0 atom stereocenters. The lowest BCUT2D eigenvalue weighted by atomic mass is 9.68. The Hall–Kier alpha value is -1.22. The molecule has 1 aliphatic rings. The van der Waals surface area contributed by atoms with Crippen LogP contribution >= 0.6 is 0 Å². The third kappa shape index (κ3) is 3.10. The predicted octanol–water partition coefficient (Wildman–Crippen LogP) is 4.16. The summed E-state index contributed by atoms with van der Waals surface area (Å²) in [6.07, 6.45) is 6.05. The normalized spacial score (nSPS) is 18.1. The molecule has 0 unspecified atom stereocenters. The van der Waals surface area contributed by atoms with Gasteiger partial charge in [-0.3, -0.25) is 0 Å². The Balaban J connectivity index is 2.65. The summed E-state index contributed by atoms with van der Waals surface area (Å²) in [5.41, 5.74) is 8.86. The number of nitrogens with two attached hydrogens (primary N) is 1. The van der Waals surface area contributed by atoms with Crippen LogP contribution in [0, 0.1) is 0 Å². The van der Waals surface area contributed by atoms with Crippen molar-refractivity contribution in [1.82, 2.24) is 0 Å². The summed E-state index contributed by atoms with van der Waals surface area (Å²) in [5.74, 6) is 1.69. The lowest BCUT2D eigenvalue weighted by molar-refractivity contribution is 0.280. The fraction of sp³-hybridized carbons (Fsp3) is 0.684. The molecular weight excluding hydrogens is 274 g/mol. The van der Waals surface area contributed by atoms with Crippen LogP contribution in [0.4, 0.5) is 0 Å². The van der Waals surface area contributed by atoms with Crippen LogP contribution in [0.25, 0.3) is 0 Å². The number of rotatable bonds is 4. The number of benzene rings is 1. The molecule has 1 saturated carbocycles. The number of hydrogen-bond acceptors (Lipinski definition) is 3. The zero-order chi connectivity index (χ0) is 16.4. The van der Waals surface area contributed by atoms with Gasteiger partial charge < -0.3 is 15.2 Å². The molecule has 0 saturated heterocycles. The first-order valence-corrected chi connectivity index (χ1v) is 8.35. The zero-order valence-electron chi connectivity index (χ0n) is 14.8. The minimum atomic E-state index is 0.0259. The minimum absolute atomic E-state index is 0.0259. The second-order valence-electron chi connectivity index (χ2n) is 7.55. The number of hydrogen-bond donors (Lipinski definition) is 1. The molecule has 2 rings (SSSR count). The number of methoxy groups -OCH3 is 2. The first kappa shape index (κ1) is 17.1. The topological polar surface area (TPSA) is 44.5 Å². The van der Waals surface area contributed by atoms with Crippen LogP contribution < -0.4 is 15.2 Å². The van der Waals surface area contributed by atoms with Crippen LogP contribution in [0.3, 0.4) is 0 Å². The van der Waals surface area contributed by atoms with Crippen molar-refractivity contribution >= 4 is 0 Å². The van der Waals surface area contributed by atoms with Crippen LogP contribution in [0.1, 0.15) is 64.0 Å². The Bertz CT molecular complexity index is 511. The summed E-state index contributed by atoms with van der Waals surface area (Å²) in [4.78, 5) is 0. The van der Waals surface area contributed by atoms with E-state index in [1.165, 1.54) is 30.4 Å². The molecule has 3 nitrogen and oxygen atoms in total. The van der Waals surface area contributed by atoms with E-state index in [2.05, 4.69) is 32.9 Å². The van der Waals surface area contributed by atoms with E-state index in [9.17, 15) is 0 Å². The maximum Gasteiger partial charge on any atom is 0.164 e. The van der Waals surface area contributed by atoms with Gasteiger partial charge in [-0.05, 0) is 29.9 Å². The second-order valence-corrected chi connectivity index (χ2v) is 7.55. The molecule has 1 aromatic rings. The minimum Gasteiger partial charge on any atom is -0.493 e. The molecule has 2 N–H and O–H groups in total. The second kappa shape index (κ2) is 6.49. The van der Waals surface area contributed by atoms with Crippen molar-refractivity contribution < 1.29 is 9.47 Å². The van der Waals surface area contributed by atoms with Crippen molar-refractivity contribution in [3.8, 4) is 11.5 Å². The highest BCUT2D eigenvalue weighted by molar-refractivity contribution is 5.54. The highest BCUT2D eigenvalue weighted by Crippen LogP contribution is 2.47. The Morgan fingerprint density at radius 2 is 1.68 bits per heavy atom. The van der Waals surface area contributed by atoms with E-state index in [1.807, 2.05) is 0 Å². The van der Waals surface area contributed by atoms with Crippen LogP contribution in [-0.4, -0.2) is 20.8 Å². The third-order valence-electron chi connectivity index (χ3n) is 5.12. The lowest BCUT2D eigenvalue weighted by Gasteiger charge is -2.39. The van der Waals surface area contributed by atoms with Gasteiger partial charge in [0.25, 0.3) is 0 Å². The summed E-state index contributed by atoms with van der Waals surface area (Å²) in [5, 5.41) is 0. The van der Waals surface area contributed by atoms with Gasteiger partial charge in [0.15, 0.2) is 11.5 Å². The van der Waals surface area contributed by atoms with Gasteiger partial charge >= 0.3 is 0 Å². The average molecular weight is 305 g/mol. The van der Waals surface area contributed by atoms with Crippen LogP contribution in [0.5, 0.6) is 11.5 Å². The highest BCUT2D eigenvalue weighted by Gasteiger charge is 2.37. The molecule has 0 spiro atoms. The molecule has 1 aliphatic carbocycles. The highest BCUT2D eigenvalue weighted by atomic mass is 16.5. The van der Waals surface area contributed by atoms with Crippen molar-refractivity contribution in [1.29, 1.82) is 0 Å². The van der Waals surface area contributed by atoms with Crippen molar-refractivity contribution in [2.24, 2.45) is 5.73 Å². The Morgan fingerprint density at radius 3 is 2.14 bits per heavy atom. The Morgan fingerprint density at radius 1 is 1.05 bits per heavy atom. The summed E-state index contributed by atoms with van der Waals surface area (Å²) >= 11 is 0. The molecule has 22 heavy (non-hydrogen) atoms. The van der Waals surface area contributed by atoms with Gasteiger partial charge in [-0.1, -0.05) is 46.1 Å². The van der Waals surface area contributed by atoms with Crippen molar-refractivity contribution in [2.75, 3.05) is 20.8 Å². The van der Waals surface area contributed by atoms with Gasteiger partial charge in [0.1, 0.15) is 0 Å². The first-order valence-electron chi connectivity index (χ1n) is 8.35. The van der Waals surface area contributed by atoms with Gasteiger partial charge in [0, 0.05) is 17.5 Å². The molecule has 0 radical (unpaired) electrons. The van der Waals surface area contributed by atoms with Gasteiger partial charge in [-0.15, -0.1) is 0 Å². The van der Waals surface area contributed by atoms with E-state index in [0.29, 0.717) is 6.54 Å². The molecule has 0 heterocycles. The summed E-state index contributed by atoms with van der Waals surface area (Å²) < 4.78 is 11.4. The van der Waals surface area contributed by atoms with Crippen LogP contribution in [0.15, 0.2) is 12.1 Å². The molecule has 0 amide bonds. The van der Waals surface area contributed by atoms with Crippen molar-refractivity contribution in [3.63, 3.8) is 0 Å². The molecule has 1 fully saturated rings. The van der Waals surface area contributed by atoms with Crippen molar-refractivity contribution in [2.45, 2.75) is 63.7 Å². The largest absolute Gasteiger partial charge is 0.493 e. The predicted molar refractivity (Wildman–Crippen MR) is 92.1 cm³/mol. The maximum absolute atomic E-state index is 6.25. The summed E-state index contributed by atoms with van der Waals surface area (Å²) in [6, 6.07) is 4.41. The Kier molecular flexibility index (Phi) is 5.06. The van der Waals surface area contributed by atoms with Gasteiger partial charge in [0.05, 0.1) is 14.2 Å². The third-order valence-corrected chi connectivity index (χ3v) is 5.12. The molecular formula is C19H31NO2. The quantitative estimate of drug-likeness (QED) is 0.908. The van der Waals surface area contributed by atoms with Crippen LogP contribution in [0.2, 0.25) is 0 Å². The van der Waals surface area contributed by atoms with E-state index < -0.39 is 0 Å². The van der Waals surface area contributed by atoms with Gasteiger partial charge in [-0.2, -0.15) is 0 Å². The first-order chi connectivity index (χ1) is 10.4. The van der Waals surface area contributed by atoms with E-state index >= 15 is 0 Å². The summed E-state index contributed by atoms with van der Waals surface area (Å²) in [7, 11) is 3.44. The van der Waals surface area contributed by atoms with Gasteiger partial charge in [0.2, 0.25) is 0 Å². The van der Waals surface area contributed by atoms with Gasteiger partial charge in [-0.25, -0.2) is 0 Å². The van der Waals surface area contributed by atoms with E-state index in [1.54, 1.807) is 14.2 Å². The molecule has 0 aliphatic heterocycles. The fourth-order valence-corrected chi connectivity index (χ4v) is 3.60. The smallest absolute Gasteiger partial charge is 0.164 e. The fourth-order valence-electron chi connectivity index (χ4n) is 3.60. The van der Waals surface area contributed by atoms with E-state index in [0.717, 1.165) is 24.3 Å². The maximum atomic E-state index is 6.25. The SMILES string of the molecule is COc1cc(C(C)(C)C)cc(C2(CN)CCCCC2)c1OC. The lowest BCUT2D eigenvalue weighted by Crippen LogP contribution is -2.37. The monoisotopic (exact) mass is 305 g/mol. The Labute approximate surface area is 135 Å². The van der Waals surface area contributed by atoms with Crippen molar-refractivity contribution in [3.05, 3.63) is 23.3 Å². The van der Waals surface area contributed by atoms with E-state index in [4.69, 9.17) is 15.2 Å². The molecule has 0 bridgehead atoms. The molecule has 3 heteroatoms. The van der Waals surface area contributed by atoms with Crippen LogP contribution in [-0.2, 0) is 10.8 Å². The molecule has 1 aromatic carbocycles.